The Morgan fingerprint density at radius 3 is 2.62 bits per heavy atom. The predicted octanol–water partition coefficient (Wildman–Crippen LogP) is 1.91. The highest BCUT2D eigenvalue weighted by Crippen LogP contribution is 2.53. The van der Waals surface area contributed by atoms with Crippen molar-refractivity contribution < 1.29 is 18.0 Å². The van der Waals surface area contributed by atoms with Crippen molar-refractivity contribution in [2.24, 2.45) is 11.3 Å². The molecule has 112 valence electrons. The number of sulfonamides is 1. The number of Topliss-reactive ketones (excluding diaryl/α,β-unsaturated/α-hetero) is 1. The number of hydrogen-bond donors (Lipinski definition) is 1. The van der Waals surface area contributed by atoms with Crippen molar-refractivity contribution in [3.8, 4) is 0 Å². The Morgan fingerprint density at radius 1 is 1.43 bits per heavy atom. The molecule has 0 radical (unpaired) electrons. The van der Waals surface area contributed by atoms with Crippen LogP contribution < -0.4 is 4.72 Å². The monoisotopic (exact) mass is 307 g/mol. The molecule has 0 aliphatic heterocycles. The predicted molar refractivity (Wildman–Crippen MR) is 78.2 cm³/mol. The summed E-state index contributed by atoms with van der Waals surface area (Å²) in [6, 6.07) is 5.61. The molecule has 0 heterocycles. The van der Waals surface area contributed by atoms with Crippen molar-refractivity contribution in [1.29, 1.82) is 0 Å². The first-order chi connectivity index (χ1) is 9.70. The minimum Gasteiger partial charge on any atom is -0.295 e. The van der Waals surface area contributed by atoms with E-state index >= 15 is 0 Å². The van der Waals surface area contributed by atoms with Crippen LogP contribution in [0.2, 0.25) is 0 Å². The van der Waals surface area contributed by atoms with E-state index in [1.54, 1.807) is 13.0 Å². The fourth-order valence-corrected chi connectivity index (χ4v) is 3.32. The zero-order valence-electron chi connectivity index (χ0n) is 11.9. The van der Waals surface area contributed by atoms with Crippen molar-refractivity contribution in [2.75, 3.05) is 0 Å². The van der Waals surface area contributed by atoms with E-state index in [4.69, 9.17) is 0 Å². The van der Waals surface area contributed by atoms with E-state index in [1.165, 1.54) is 31.2 Å². The first kappa shape index (κ1) is 15.4. The summed E-state index contributed by atoms with van der Waals surface area (Å²) >= 11 is 0. The van der Waals surface area contributed by atoms with Gasteiger partial charge in [0.25, 0.3) is 10.0 Å². The highest BCUT2D eigenvalue weighted by Gasteiger charge is 2.55. The number of rotatable bonds is 5. The maximum atomic E-state index is 12.2. The third-order valence-corrected chi connectivity index (χ3v) is 5.21. The number of ketones is 1. The van der Waals surface area contributed by atoms with Crippen LogP contribution in [0.1, 0.15) is 30.6 Å². The Balaban J connectivity index is 2.23. The topological polar surface area (TPSA) is 80.3 Å². The van der Waals surface area contributed by atoms with Gasteiger partial charge in [-0.3, -0.25) is 9.59 Å². The van der Waals surface area contributed by atoms with Crippen LogP contribution in [0.4, 0.5) is 0 Å². The van der Waals surface area contributed by atoms with Gasteiger partial charge in [-0.1, -0.05) is 25.1 Å². The summed E-state index contributed by atoms with van der Waals surface area (Å²) in [7, 11) is -3.98. The van der Waals surface area contributed by atoms with Gasteiger partial charge >= 0.3 is 0 Å². The molecule has 1 aromatic carbocycles. The van der Waals surface area contributed by atoms with Gasteiger partial charge in [-0.25, -0.2) is 13.1 Å². The smallest absolute Gasteiger partial charge is 0.264 e. The van der Waals surface area contributed by atoms with E-state index in [2.05, 4.69) is 11.3 Å². The standard InChI is InChI=1S/C15H17NO4S/c1-4-12-9-15(12,3)14(18)16-21(19,20)13-7-5-6-11(8-13)10(2)17/h4-8,12H,1,9H2,2-3H3,(H,16,18)/t12-,15+/m1/s1. The Kier molecular flexibility index (Phi) is 3.76. The molecule has 1 aromatic rings. The first-order valence-corrected chi connectivity index (χ1v) is 8.00. The lowest BCUT2D eigenvalue weighted by molar-refractivity contribution is -0.124. The molecule has 5 nitrogen and oxygen atoms in total. The van der Waals surface area contributed by atoms with Crippen LogP contribution in [-0.4, -0.2) is 20.1 Å². The summed E-state index contributed by atoms with van der Waals surface area (Å²) in [5, 5.41) is 0. The van der Waals surface area contributed by atoms with E-state index in [9.17, 15) is 18.0 Å². The van der Waals surface area contributed by atoms with Crippen LogP contribution >= 0.6 is 0 Å². The Labute approximate surface area is 124 Å². The highest BCUT2D eigenvalue weighted by atomic mass is 32.2. The van der Waals surface area contributed by atoms with Crippen molar-refractivity contribution in [3.63, 3.8) is 0 Å². The van der Waals surface area contributed by atoms with Gasteiger partial charge in [0.2, 0.25) is 5.91 Å². The van der Waals surface area contributed by atoms with Gasteiger partial charge in [-0.2, -0.15) is 0 Å². The lowest BCUT2D eigenvalue weighted by Crippen LogP contribution is -2.36. The van der Waals surface area contributed by atoms with Gasteiger partial charge in [-0.15, -0.1) is 6.58 Å². The molecule has 0 saturated heterocycles. The van der Waals surface area contributed by atoms with Crippen molar-refractivity contribution >= 4 is 21.7 Å². The van der Waals surface area contributed by atoms with Crippen LogP contribution in [0.15, 0.2) is 41.8 Å². The third-order valence-electron chi connectivity index (χ3n) is 3.88. The SMILES string of the molecule is C=C[C@@H]1C[C@]1(C)C(=O)NS(=O)(=O)c1cccc(C(C)=O)c1. The summed E-state index contributed by atoms with van der Waals surface area (Å²) in [4.78, 5) is 23.3. The molecule has 1 saturated carbocycles. The molecule has 1 fully saturated rings. The largest absolute Gasteiger partial charge is 0.295 e. The van der Waals surface area contributed by atoms with Gasteiger partial charge in [0.15, 0.2) is 5.78 Å². The summed E-state index contributed by atoms with van der Waals surface area (Å²) < 4.78 is 26.5. The molecular formula is C15H17NO4S. The fourth-order valence-electron chi connectivity index (χ4n) is 2.18. The molecular weight excluding hydrogens is 290 g/mol. The molecule has 1 amide bonds. The quantitative estimate of drug-likeness (QED) is 0.665. The number of carbonyl (C=O) groups is 2. The zero-order valence-corrected chi connectivity index (χ0v) is 12.7. The maximum Gasteiger partial charge on any atom is 0.264 e. The molecule has 6 heteroatoms. The molecule has 1 N–H and O–H groups in total. The van der Waals surface area contributed by atoms with Crippen LogP contribution in [0, 0.1) is 11.3 Å². The van der Waals surface area contributed by atoms with Gasteiger partial charge in [-0.05, 0) is 31.4 Å². The molecule has 2 rings (SSSR count). The number of allylic oxidation sites excluding steroid dienone is 1. The number of hydrogen-bond acceptors (Lipinski definition) is 4. The van der Waals surface area contributed by atoms with Gasteiger partial charge in [0, 0.05) is 5.56 Å². The average Bonchev–Trinajstić information content (AvgIpc) is 3.11. The minimum atomic E-state index is -3.98. The van der Waals surface area contributed by atoms with E-state index < -0.39 is 21.3 Å². The number of carbonyl (C=O) groups excluding carboxylic acids is 2. The van der Waals surface area contributed by atoms with Gasteiger partial charge in [0.1, 0.15) is 0 Å². The molecule has 0 unspecified atom stereocenters. The van der Waals surface area contributed by atoms with Crippen LogP contribution in [0.25, 0.3) is 0 Å². The first-order valence-electron chi connectivity index (χ1n) is 6.51. The van der Waals surface area contributed by atoms with Crippen molar-refractivity contribution in [3.05, 3.63) is 42.5 Å². The second-order valence-electron chi connectivity index (χ2n) is 5.48. The number of benzene rings is 1. The van der Waals surface area contributed by atoms with E-state index in [1.807, 2.05) is 0 Å². The molecule has 0 spiro atoms. The molecule has 2 atom stereocenters. The molecule has 1 aliphatic carbocycles. The number of amides is 1. The Hall–Kier alpha value is -1.95. The second-order valence-corrected chi connectivity index (χ2v) is 7.16. The Morgan fingerprint density at radius 2 is 2.10 bits per heavy atom. The van der Waals surface area contributed by atoms with E-state index in [-0.39, 0.29) is 22.2 Å². The van der Waals surface area contributed by atoms with Crippen molar-refractivity contribution in [2.45, 2.75) is 25.2 Å². The van der Waals surface area contributed by atoms with Gasteiger partial charge < -0.3 is 0 Å². The summed E-state index contributed by atoms with van der Waals surface area (Å²) in [6.07, 6.45) is 2.24. The molecule has 1 aliphatic rings. The van der Waals surface area contributed by atoms with Crippen LogP contribution in [0.5, 0.6) is 0 Å². The lowest BCUT2D eigenvalue weighted by atomic mass is 10.1. The van der Waals surface area contributed by atoms with E-state index in [0.717, 1.165) is 0 Å². The maximum absolute atomic E-state index is 12.2. The lowest BCUT2D eigenvalue weighted by Gasteiger charge is -2.12. The Bertz CT molecular complexity index is 723. The fraction of sp³-hybridized carbons (Fsp3) is 0.333. The third kappa shape index (κ3) is 2.90. The summed E-state index contributed by atoms with van der Waals surface area (Å²) in [6.45, 7) is 6.68. The van der Waals surface area contributed by atoms with Crippen molar-refractivity contribution in [1.82, 2.24) is 4.72 Å². The average molecular weight is 307 g/mol. The van der Waals surface area contributed by atoms with Gasteiger partial charge in [0.05, 0.1) is 10.3 Å². The summed E-state index contributed by atoms with van der Waals surface area (Å²) in [5.74, 6) is -0.781. The second kappa shape index (κ2) is 5.11. The number of nitrogens with one attached hydrogen (secondary N) is 1. The van der Waals surface area contributed by atoms with Crippen LogP contribution in [0.3, 0.4) is 0 Å². The van der Waals surface area contributed by atoms with E-state index in [0.29, 0.717) is 6.42 Å². The molecule has 0 bridgehead atoms. The normalized spacial score (nSPS) is 24.2. The molecule has 0 aromatic heterocycles. The minimum absolute atomic E-state index is 0.00347. The highest BCUT2D eigenvalue weighted by molar-refractivity contribution is 7.90. The zero-order chi connectivity index (χ0) is 15.8. The van der Waals surface area contributed by atoms with Crippen LogP contribution in [-0.2, 0) is 14.8 Å². The summed E-state index contributed by atoms with van der Waals surface area (Å²) in [5.41, 5.74) is -0.431. The molecule has 21 heavy (non-hydrogen) atoms.